The highest BCUT2D eigenvalue weighted by molar-refractivity contribution is 7.03. The summed E-state index contributed by atoms with van der Waals surface area (Å²) in [5.41, 5.74) is 6.14. The van der Waals surface area contributed by atoms with Gasteiger partial charge >= 0.3 is 0 Å². The van der Waals surface area contributed by atoms with E-state index in [2.05, 4.69) is 38.8 Å². The molecule has 0 radical (unpaired) electrons. The molecule has 1 aliphatic rings. The van der Waals surface area contributed by atoms with E-state index < -0.39 is 0 Å². The van der Waals surface area contributed by atoms with Gasteiger partial charge in [0.1, 0.15) is 0 Å². The van der Waals surface area contributed by atoms with Crippen LogP contribution < -0.4 is 0 Å². The van der Waals surface area contributed by atoms with E-state index in [-0.39, 0.29) is 5.91 Å². The number of aromatic amines is 1. The third-order valence-electron chi connectivity index (χ3n) is 4.48. The summed E-state index contributed by atoms with van der Waals surface area (Å²) >= 11 is 1.20. The van der Waals surface area contributed by atoms with Crippen molar-refractivity contribution in [3.05, 3.63) is 52.2 Å². The molecule has 3 heterocycles. The van der Waals surface area contributed by atoms with Gasteiger partial charge in [-0.3, -0.25) is 9.89 Å². The zero-order valence-electron chi connectivity index (χ0n) is 13.3. The third-order valence-corrected chi connectivity index (χ3v) is 4.99. The minimum absolute atomic E-state index is 0.0423. The molecule has 1 amide bonds. The Kier molecular flexibility index (Phi) is 3.86. The molecule has 6 nitrogen and oxygen atoms in total. The number of benzene rings is 1. The number of aryl methyl sites for hydroxylation is 1. The van der Waals surface area contributed by atoms with E-state index in [1.807, 2.05) is 17.0 Å². The van der Waals surface area contributed by atoms with E-state index in [0.717, 1.165) is 29.8 Å². The van der Waals surface area contributed by atoms with Gasteiger partial charge in [0.05, 0.1) is 5.69 Å². The van der Waals surface area contributed by atoms with Crippen molar-refractivity contribution in [3.8, 4) is 11.3 Å². The zero-order chi connectivity index (χ0) is 16.5. The fraction of sp³-hybridized carbons (Fsp3) is 0.294. The minimum Gasteiger partial charge on any atom is -0.337 e. The van der Waals surface area contributed by atoms with E-state index in [1.165, 1.54) is 22.7 Å². The third kappa shape index (κ3) is 2.60. The SMILES string of the molecule is Cc1ccccc1-c1n[nH]c2c1CCN(C(=O)c1csnn1)CC2. The van der Waals surface area contributed by atoms with Crippen LogP contribution in [0.25, 0.3) is 11.3 Å². The number of fused-ring (bicyclic) bond motifs is 1. The first kappa shape index (κ1) is 15.0. The Morgan fingerprint density at radius 3 is 2.88 bits per heavy atom. The van der Waals surface area contributed by atoms with Crippen LogP contribution in [0.1, 0.15) is 27.3 Å². The fourth-order valence-electron chi connectivity index (χ4n) is 3.17. The molecular weight excluding hydrogens is 322 g/mol. The fourth-order valence-corrected chi connectivity index (χ4v) is 3.60. The van der Waals surface area contributed by atoms with Crippen molar-refractivity contribution < 1.29 is 4.79 Å². The number of nitrogens with one attached hydrogen (secondary N) is 1. The Balaban J connectivity index is 1.61. The molecule has 7 heteroatoms. The first-order valence-electron chi connectivity index (χ1n) is 7.92. The molecular formula is C17H17N5OS. The van der Waals surface area contributed by atoms with Crippen LogP contribution in [0.4, 0.5) is 0 Å². The molecule has 0 saturated carbocycles. The van der Waals surface area contributed by atoms with E-state index in [0.29, 0.717) is 18.8 Å². The molecule has 24 heavy (non-hydrogen) atoms. The van der Waals surface area contributed by atoms with Crippen molar-refractivity contribution in [1.82, 2.24) is 24.7 Å². The van der Waals surface area contributed by atoms with Crippen LogP contribution in [0.5, 0.6) is 0 Å². The second-order valence-electron chi connectivity index (χ2n) is 5.93. The van der Waals surface area contributed by atoms with Gasteiger partial charge in [-0.1, -0.05) is 28.8 Å². The Morgan fingerprint density at radius 2 is 2.08 bits per heavy atom. The maximum Gasteiger partial charge on any atom is 0.275 e. The molecule has 122 valence electrons. The second-order valence-corrected chi connectivity index (χ2v) is 6.54. The first-order chi connectivity index (χ1) is 11.7. The van der Waals surface area contributed by atoms with Gasteiger partial charge < -0.3 is 4.90 Å². The Morgan fingerprint density at radius 1 is 1.25 bits per heavy atom. The monoisotopic (exact) mass is 339 g/mol. The topological polar surface area (TPSA) is 74.8 Å². The van der Waals surface area contributed by atoms with Crippen molar-refractivity contribution >= 4 is 17.4 Å². The average molecular weight is 339 g/mol. The molecule has 1 aliphatic heterocycles. The molecule has 0 unspecified atom stereocenters. The van der Waals surface area contributed by atoms with Crippen LogP contribution in [0.2, 0.25) is 0 Å². The summed E-state index contributed by atoms with van der Waals surface area (Å²) in [7, 11) is 0. The molecule has 0 spiro atoms. The summed E-state index contributed by atoms with van der Waals surface area (Å²) in [6, 6.07) is 8.26. The van der Waals surface area contributed by atoms with Gasteiger partial charge in [0.2, 0.25) is 0 Å². The summed E-state index contributed by atoms with van der Waals surface area (Å²) in [5.74, 6) is -0.0423. The average Bonchev–Trinajstić information content (AvgIpc) is 3.21. The lowest BCUT2D eigenvalue weighted by Crippen LogP contribution is -2.33. The molecule has 0 fully saturated rings. The molecule has 1 aromatic carbocycles. The number of nitrogens with zero attached hydrogens (tertiary/aromatic N) is 4. The van der Waals surface area contributed by atoms with Gasteiger partial charge in [-0.25, -0.2) is 0 Å². The van der Waals surface area contributed by atoms with Crippen LogP contribution >= 0.6 is 11.5 Å². The van der Waals surface area contributed by atoms with Crippen LogP contribution in [0, 0.1) is 6.92 Å². The van der Waals surface area contributed by atoms with Gasteiger partial charge in [-0.15, -0.1) is 5.10 Å². The number of aromatic nitrogens is 4. The largest absolute Gasteiger partial charge is 0.337 e. The van der Waals surface area contributed by atoms with Crippen molar-refractivity contribution in [1.29, 1.82) is 0 Å². The summed E-state index contributed by atoms with van der Waals surface area (Å²) in [4.78, 5) is 14.4. The quantitative estimate of drug-likeness (QED) is 0.778. The summed E-state index contributed by atoms with van der Waals surface area (Å²) in [6.45, 7) is 3.43. The first-order valence-corrected chi connectivity index (χ1v) is 8.76. The lowest BCUT2D eigenvalue weighted by Gasteiger charge is -2.18. The molecule has 2 aromatic heterocycles. The van der Waals surface area contributed by atoms with Crippen LogP contribution in [0.3, 0.4) is 0 Å². The van der Waals surface area contributed by atoms with Gasteiger partial charge in [0.25, 0.3) is 5.91 Å². The van der Waals surface area contributed by atoms with Crippen molar-refractivity contribution in [3.63, 3.8) is 0 Å². The number of amides is 1. The molecule has 0 aliphatic carbocycles. The second kappa shape index (κ2) is 6.16. The Bertz CT molecular complexity index is 871. The minimum atomic E-state index is -0.0423. The summed E-state index contributed by atoms with van der Waals surface area (Å²) in [6.07, 6.45) is 1.57. The molecule has 0 bridgehead atoms. The molecule has 0 atom stereocenters. The number of hydrogen-bond acceptors (Lipinski definition) is 5. The van der Waals surface area contributed by atoms with E-state index in [1.54, 1.807) is 5.38 Å². The Labute approximate surface area is 143 Å². The normalized spacial score (nSPS) is 14.3. The van der Waals surface area contributed by atoms with E-state index in [4.69, 9.17) is 0 Å². The highest BCUT2D eigenvalue weighted by atomic mass is 32.1. The molecule has 3 aromatic rings. The summed E-state index contributed by atoms with van der Waals surface area (Å²) < 4.78 is 3.78. The zero-order valence-corrected chi connectivity index (χ0v) is 14.1. The van der Waals surface area contributed by atoms with Crippen molar-refractivity contribution in [2.75, 3.05) is 13.1 Å². The lowest BCUT2D eigenvalue weighted by atomic mass is 9.99. The van der Waals surface area contributed by atoms with Crippen LogP contribution in [-0.4, -0.2) is 43.7 Å². The molecule has 1 N–H and O–H groups in total. The standard InChI is InChI=1S/C17H17N5OS/c1-11-4-2-3-5-12(11)16-13-6-8-22(9-7-14(13)18-20-16)17(23)15-10-24-21-19-15/h2-5,10H,6-9H2,1H3,(H,18,20). The van der Waals surface area contributed by atoms with E-state index in [9.17, 15) is 4.79 Å². The van der Waals surface area contributed by atoms with Gasteiger partial charge in [0, 0.05) is 41.7 Å². The number of H-pyrrole nitrogens is 1. The van der Waals surface area contributed by atoms with Crippen LogP contribution in [-0.2, 0) is 12.8 Å². The van der Waals surface area contributed by atoms with Crippen molar-refractivity contribution in [2.24, 2.45) is 0 Å². The van der Waals surface area contributed by atoms with Gasteiger partial charge in [-0.2, -0.15) is 5.10 Å². The van der Waals surface area contributed by atoms with Crippen molar-refractivity contribution in [2.45, 2.75) is 19.8 Å². The highest BCUT2D eigenvalue weighted by Crippen LogP contribution is 2.29. The number of hydrogen-bond donors (Lipinski definition) is 1. The smallest absolute Gasteiger partial charge is 0.275 e. The molecule has 0 saturated heterocycles. The Hall–Kier alpha value is -2.54. The predicted molar refractivity (Wildman–Crippen MR) is 92.0 cm³/mol. The van der Waals surface area contributed by atoms with E-state index >= 15 is 0 Å². The maximum absolute atomic E-state index is 12.5. The van der Waals surface area contributed by atoms with Crippen LogP contribution in [0.15, 0.2) is 29.6 Å². The summed E-state index contributed by atoms with van der Waals surface area (Å²) in [5, 5.41) is 13.3. The lowest BCUT2D eigenvalue weighted by molar-refractivity contribution is 0.0757. The number of rotatable bonds is 2. The number of carbonyl (C=O) groups is 1. The highest BCUT2D eigenvalue weighted by Gasteiger charge is 2.25. The number of carbonyl (C=O) groups excluding carboxylic acids is 1. The van der Waals surface area contributed by atoms with Gasteiger partial charge in [-0.05, 0) is 30.4 Å². The maximum atomic E-state index is 12.5. The van der Waals surface area contributed by atoms with Gasteiger partial charge in [0.15, 0.2) is 5.69 Å². The molecule has 4 rings (SSSR count). The predicted octanol–water partition coefficient (Wildman–Crippen LogP) is 2.48.